The molecule has 1 aromatic carbocycles. The zero-order valence-electron chi connectivity index (χ0n) is 10.4. The first-order valence-electron chi connectivity index (χ1n) is 6.17. The maximum absolute atomic E-state index is 12.5. The lowest BCUT2D eigenvalue weighted by molar-refractivity contribution is 0.472. The predicted octanol–water partition coefficient (Wildman–Crippen LogP) is 0.956. The number of pyridine rings is 1. The quantitative estimate of drug-likeness (QED) is 0.887. The van der Waals surface area contributed by atoms with Crippen LogP contribution in [0, 0.1) is 0 Å². The van der Waals surface area contributed by atoms with E-state index in [1.807, 2.05) is 6.07 Å². The number of rotatable bonds is 2. The Morgan fingerprint density at radius 1 is 1.26 bits per heavy atom. The Balaban J connectivity index is 2.03. The van der Waals surface area contributed by atoms with Gasteiger partial charge in [0.15, 0.2) is 0 Å². The molecule has 1 atom stereocenters. The summed E-state index contributed by atoms with van der Waals surface area (Å²) < 4.78 is 26.4. The fourth-order valence-electron chi connectivity index (χ4n) is 2.34. The Bertz CT molecular complexity index is 715. The molecule has 2 aromatic rings. The van der Waals surface area contributed by atoms with Crippen molar-refractivity contribution in [2.45, 2.75) is 17.4 Å². The number of aromatic nitrogens is 1. The van der Waals surface area contributed by atoms with Gasteiger partial charge in [-0.25, -0.2) is 8.42 Å². The zero-order valence-corrected chi connectivity index (χ0v) is 11.2. The molecule has 0 amide bonds. The molecule has 1 aromatic heterocycles. The summed E-state index contributed by atoms with van der Waals surface area (Å²) in [5.41, 5.74) is 5.78. The van der Waals surface area contributed by atoms with Crippen LogP contribution in [0.15, 0.2) is 41.6 Å². The van der Waals surface area contributed by atoms with E-state index in [1.54, 1.807) is 30.6 Å². The minimum Gasteiger partial charge on any atom is -0.326 e. The molecule has 100 valence electrons. The van der Waals surface area contributed by atoms with E-state index in [9.17, 15) is 8.42 Å². The van der Waals surface area contributed by atoms with E-state index < -0.39 is 10.0 Å². The first-order chi connectivity index (χ1) is 9.07. The van der Waals surface area contributed by atoms with Gasteiger partial charge in [0, 0.05) is 36.9 Å². The van der Waals surface area contributed by atoms with Crippen LogP contribution in [0.25, 0.3) is 10.8 Å². The van der Waals surface area contributed by atoms with Crippen LogP contribution in [0.2, 0.25) is 0 Å². The summed E-state index contributed by atoms with van der Waals surface area (Å²) in [4.78, 5) is 4.34. The van der Waals surface area contributed by atoms with Gasteiger partial charge in [-0.05, 0) is 30.0 Å². The third kappa shape index (κ3) is 2.22. The molecule has 3 rings (SSSR count). The summed E-state index contributed by atoms with van der Waals surface area (Å²) in [6.07, 6.45) is 4.10. The SMILES string of the molecule is NC1CCN(S(=O)(=O)c2ccc3cnccc3c2)C1. The van der Waals surface area contributed by atoms with Crippen molar-refractivity contribution in [2.75, 3.05) is 13.1 Å². The van der Waals surface area contributed by atoms with E-state index in [0.29, 0.717) is 18.0 Å². The second-order valence-corrected chi connectivity index (χ2v) is 6.73. The number of benzene rings is 1. The van der Waals surface area contributed by atoms with Gasteiger partial charge < -0.3 is 5.73 Å². The Kier molecular flexibility index (Phi) is 3.00. The van der Waals surface area contributed by atoms with Gasteiger partial charge >= 0.3 is 0 Å². The summed E-state index contributed by atoms with van der Waals surface area (Å²) in [5.74, 6) is 0. The third-order valence-electron chi connectivity index (χ3n) is 3.44. The van der Waals surface area contributed by atoms with Crippen molar-refractivity contribution < 1.29 is 8.42 Å². The molecule has 6 heteroatoms. The monoisotopic (exact) mass is 277 g/mol. The molecule has 0 aliphatic carbocycles. The summed E-state index contributed by atoms with van der Waals surface area (Å²) in [6.45, 7) is 0.897. The van der Waals surface area contributed by atoms with Crippen LogP contribution in [-0.2, 0) is 10.0 Å². The number of sulfonamides is 1. The fraction of sp³-hybridized carbons (Fsp3) is 0.308. The molecule has 1 unspecified atom stereocenters. The van der Waals surface area contributed by atoms with Gasteiger partial charge in [-0.3, -0.25) is 4.98 Å². The molecular weight excluding hydrogens is 262 g/mol. The number of fused-ring (bicyclic) bond motifs is 1. The van der Waals surface area contributed by atoms with Crippen LogP contribution in [-0.4, -0.2) is 36.8 Å². The Morgan fingerprint density at radius 2 is 2.11 bits per heavy atom. The first-order valence-corrected chi connectivity index (χ1v) is 7.61. The van der Waals surface area contributed by atoms with Crippen LogP contribution >= 0.6 is 0 Å². The zero-order chi connectivity index (χ0) is 13.5. The molecule has 2 heterocycles. The van der Waals surface area contributed by atoms with Crippen molar-refractivity contribution in [1.82, 2.24) is 9.29 Å². The normalized spacial score (nSPS) is 21.0. The van der Waals surface area contributed by atoms with Crippen LogP contribution < -0.4 is 5.73 Å². The molecule has 0 saturated carbocycles. The van der Waals surface area contributed by atoms with Crippen molar-refractivity contribution in [3.8, 4) is 0 Å². The van der Waals surface area contributed by atoms with E-state index in [4.69, 9.17) is 5.73 Å². The second-order valence-electron chi connectivity index (χ2n) is 4.80. The van der Waals surface area contributed by atoms with Crippen LogP contribution in [0.1, 0.15) is 6.42 Å². The Hall–Kier alpha value is -1.50. The van der Waals surface area contributed by atoms with Crippen LogP contribution in [0.4, 0.5) is 0 Å². The Labute approximate surface area is 112 Å². The molecule has 1 aliphatic rings. The Morgan fingerprint density at radius 3 is 2.84 bits per heavy atom. The second kappa shape index (κ2) is 4.56. The maximum atomic E-state index is 12.5. The minimum atomic E-state index is -3.43. The van der Waals surface area contributed by atoms with E-state index >= 15 is 0 Å². The van der Waals surface area contributed by atoms with Gasteiger partial charge in [0.25, 0.3) is 0 Å². The fourth-order valence-corrected chi connectivity index (χ4v) is 3.89. The predicted molar refractivity (Wildman–Crippen MR) is 73.1 cm³/mol. The smallest absolute Gasteiger partial charge is 0.243 e. The number of hydrogen-bond acceptors (Lipinski definition) is 4. The molecule has 1 fully saturated rings. The summed E-state index contributed by atoms with van der Waals surface area (Å²) >= 11 is 0. The highest BCUT2D eigenvalue weighted by Gasteiger charge is 2.30. The van der Waals surface area contributed by atoms with Crippen molar-refractivity contribution in [3.05, 3.63) is 36.7 Å². The minimum absolute atomic E-state index is 0.0561. The maximum Gasteiger partial charge on any atom is 0.243 e. The number of hydrogen-bond donors (Lipinski definition) is 1. The largest absolute Gasteiger partial charge is 0.326 e. The van der Waals surface area contributed by atoms with Crippen molar-refractivity contribution in [3.63, 3.8) is 0 Å². The lowest BCUT2D eigenvalue weighted by atomic mass is 10.2. The summed E-state index contributed by atoms with van der Waals surface area (Å²) in [6, 6.07) is 6.86. The first kappa shape index (κ1) is 12.5. The van der Waals surface area contributed by atoms with E-state index in [0.717, 1.165) is 17.2 Å². The van der Waals surface area contributed by atoms with Gasteiger partial charge in [-0.2, -0.15) is 4.31 Å². The van der Waals surface area contributed by atoms with Crippen LogP contribution in [0.5, 0.6) is 0 Å². The number of nitrogens with zero attached hydrogens (tertiary/aromatic N) is 2. The molecule has 5 nitrogen and oxygen atoms in total. The molecule has 0 radical (unpaired) electrons. The van der Waals surface area contributed by atoms with Gasteiger partial charge in [0.05, 0.1) is 4.90 Å². The summed E-state index contributed by atoms with van der Waals surface area (Å²) in [5, 5.41) is 1.80. The molecule has 0 bridgehead atoms. The number of nitrogens with two attached hydrogens (primary N) is 1. The lowest BCUT2D eigenvalue weighted by Crippen LogP contribution is -2.31. The molecule has 2 N–H and O–H groups in total. The lowest BCUT2D eigenvalue weighted by Gasteiger charge is -2.16. The highest BCUT2D eigenvalue weighted by Crippen LogP contribution is 2.23. The van der Waals surface area contributed by atoms with E-state index in [2.05, 4.69) is 4.98 Å². The molecule has 19 heavy (non-hydrogen) atoms. The highest BCUT2D eigenvalue weighted by molar-refractivity contribution is 7.89. The van der Waals surface area contributed by atoms with Crippen molar-refractivity contribution >= 4 is 20.8 Å². The summed E-state index contributed by atoms with van der Waals surface area (Å²) in [7, 11) is -3.43. The topological polar surface area (TPSA) is 76.3 Å². The average Bonchev–Trinajstić information content (AvgIpc) is 2.85. The van der Waals surface area contributed by atoms with E-state index in [-0.39, 0.29) is 6.04 Å². The van der Waals surface area contributed by atoms with Crippen molar-refractivity contribution in [1.29, 1.82) is 0 Å². The van der Waals surface area contributed by atoms with Gasteiger partial charge in [0.1, 0.15) is 0 Å². The van der Waals surface area contributed by atoms with Gasteiger partial charge in [-0.1, -0.05) is 6.07 Å². The van der Waals surface area contributed by atoms with E-state index in [1.165, 1.54) is 4.31 Å². The van der Waals surface area contributed by atoms with Crippen LogP contribution in [0.3, 0.4) is 0 Å². The van der Waals surface area contributed by atoms with Crippen molar-refractivity contribution in [2.24, 2.45) is 5.73 Å². The highest BCUT2D eigenvalue weighted by atomic mass is 32.2. The molecular formula is C13H15N3O2S. The third-order valence-corrected chi connectivity index (χ3v) is 5.30. The van der Waals surface area contributed by atoms with Gasteiger partial charge in [0.2, 0.25) is 10.0 Å². The molecule has 1 saturated heterocycles. The van der Waals surface area contributed by atoms with Gasteiger partial charge in [-0.15, -0.1) is 0 Å². The average molecular weight is 277 g/mol. The molecule has 0 spiro atoms. The molecule has 1 aliphatic heterocycles. The standard InChI is InChI=1S/C13H15N3O2S/c14-12-4-6-16(9-12)19(17,18)13-2-1-11-8-15-5-3-10(11)7-13/h1-3,5,7-8,12H,4,6,9,14H2.